The molecule has 1 atom stereocenters. The van der Waals surface area contributed by atoms with Crippen molar-refractivity contribution in [2.24, 2.45) is 0 Å². The van der Waals surface area contributed by atoms with Gasteiger partial charge in [-0.05, 0) is 53.9 Å². The van der Waals surface area contributed by atoms with Crippen LogP contribution in [-0.2, 0) is 19.4 Å². The van der Waals surface area contributed by atoms with E-state index in [4.69, 9.17) is 23.2 Å². The van der Waals surface area contributed by atoms with Crippen molar-refractivity contribution in [2.45, 2.75) is 39.3 Å². The van der Waals surface area contributed by atoms with E-state index in [-0.39, 0.29) is 0 Å². The molecule has 0 aliphatic heterocycles. The molecular weight excluding hydrogens is 375 g/mol. The second-order valence-corrected chi connectivity index (χ2v) is 6.58. The number of nitrogens with zero attached hydrogens (tertiary/aromatic N) is 2. The zero-order chi connectivity index (χ0) is 15.6. The Bertz CT molecular complexity index is 643. The zero-order valence-electron chi connectivity index (χ0n) is 11.9. The van der Waals surface area contributed by atoms with E-state index in [1.807, 2.05) is 24.6 Å². The Labute approximate surface area is 143 Å². The lowest BCUT2D eigenvalue weighted by Crippen LogP contribution is -2.17. The van der Waals surface area contributed by atoms with E-state index in [0.717, 1.165) is 28.0 Å². The van der Waals surface area contributed by atoms with Crippen LogP contribution in [0.2, 0.25) is 10.0 Å². The summed E-state index contributed by atoms with van der Waals surface area (Å²) in [5, 5.41) is 15.8. The molecule has 1 unspecified atom stereocenters. The van der Waals surface area contributed by atoms with Crippen molar-refractivity contribution in [1.82, 2.24) is 9.78 Å². The van der Waals surface area contributed by atoms with E-state index in [9.17, 15) is 5.11 Å². The van der Waals surface area contributed by atoms with E-state index in [1.165, 1.54) is 0 Å². The van der Waals surface area contributed by atoms with E-state index in [1.54, 1.807) is 12.1 Å². The Morgan fingerprint density at radius 1 is 1.29 bits per heavy atom. The highest BCUT2D eigenvalue weighted by Gasteiger charge is 2.16. The molecule has 0 saturated heterocycles. The fourth-order valence-corrected chi connectivity index (χ4v) is 3.06. The van der Waals surface area contributed by atoms with E-state index >= 15 is 0 Å². The van der Waals surface area contributed by atoms with Gasteiger partial charge in [0.2, 0.25) is 0 Å². The SMILES string of the molecule is CCn1nc(C)c(Br)c1CC(O)Cc1ccc(Cl)c(Cl)c1. The fourth-order valence-electron chi connectivity index (χ4n) is 2.30. The van der Waals surface area contributed by atoms with Gasteiger partial charge in [-0.3, -0.25) is 4.68 Å². The number of aliphatic hydroxyl groups excluding tert-OH is 1. The van der Waals surface area contributed by atoms with Gasteiger partial charge < -0.3 is 5.11 Å². The molecule has 3 nitrogen and oxygen atoms in total. The Balaban J connectivity index is 2.11. The summed E-state index contributed by atoms with van der Waals surface area (Å²) in [5.41, 5.74) is 2.92. The fraction of sp³-hybridized carbons (Fsp3) is 0.400. The molecule has 6 heteroatoms. The number of halogens is 3. The van der Waals surface area contributed by atoms with Crippen molar-refractivity contribution in [2.75, 3.05) is 0 Å². The lowest BCUT2D eigenvalue weighted by Gasteiger charge is -2.13. The van der Waals surface area contributed by atoms with Gasteiger partial charge in [0, 0.05) is 13.0 Å². The lowest BCUT2D eigenvalue weighted by atomic mass is 10.0. The molecule has 0 amide bonds. The summed E-state index contributed by atoms with van der Waals surface area (Å²) in [6, 6.07) is 5.43. The van der Waals surface area contributed by atoms with Gasteiger partial charge in [-0.25, -0.2) is 0 Å². The molecule has 114 valence electrons. The third-order valence-electron chi connectivity index (χ3n) is 3.34. The molecule has 1 aromatic heterocycles. The smallest absolute Gasteiger partial charge is 0.0738 e. The number of rotatable bonds is 5. The van der Waals surface area contributed by atoms with Gasteiger partial charge >= 0.3 is 0 Å². The Morgan fingerprint density at radius 3 is 2.62 bits per heavy atom. The zero-order valence-corrected chi connectivity index (χ0v) is 15.0. The first-order valence-electron chi connectivity index (χ1n) is 6.76. The maximum absolute atomic E-state index is 10.3. The molecule has 21 heavy (non-hydrogen) atoms. The second-order valence-electron chi connectivity index (χ2n) is 4.97. The summed E-state index contributed by atoms with van der Waals surface area (Å²) in [6.07, 6.45) is 0.562. The molecule has 0 fully saturated rings. The highest BCUT2D eigenvalue weighted by molar-refractivity contribution is 9.10. The highest BCUT2D eigenvalue weighted by Crippen LogP contribution is 2.25. The van der Waals surface area contributed by atoms with Crippen LogP contribution < -0.4 is 0 Å². The van der Waals surface area contributed by atoms with Gasteiger partial charge in [0.25, 0.3) is 0 Å². The summed E-state index contributed by atoms with van der Waals surface area (Å²) in [4.78, 5) is 0. The third-order valence-corrected chi connectivity index (χ3v) is 5.11. The molecule has 2 rings (SSSR count). The predicted molar refractivity (Wildman–Crippen MR) is 90.2 cm³/mol. The Morgan fingerprint density at radius 2 is 2.00 bits per heavy atom. The van der Waals surface area contributed by atoms with Crippen LogP contribution in [0, 0.1) is 6.92 Å². The van der Waals surface area contributed by atoms with Crippen molar-refractivity contribution >= 4 is 39.1 Å². The second kappa shape index (κ2) is 7.14. The monoisotopic (exact) mass is 390 g/mol. The quantitative estimate of drug-likeness (QED) is 0.818. The summed E-state index contributed by atoms with van der Waals surface area (Å²) >= 11 is 15.4. The van der Waals surface area contributed by atoms with Gasteiger partial charge in [-0.2, -0.15) is 5.10 Å². The largest absolute Gasteiger partial charge is 0.392 e. The van der Waals surface area contributed by atoms with Crippen molar-refractivity contribution in [3.8, 4) is 0 Å². The van der Waals surface area contributed by atoms with Gasteiger partial charge in [-0.15, -0.1) is 0 Å². The van der Waals surface area contributed by atoms with Crippen molar-refractivity contribution in [3.63, 3.8) is 0 Å². The Kier molecular flexibility index (Phi) is 5.72. The minimum Gasteiger partial charge on any atom is -0.392 e. The molecule has 0 bridgehead atoms. The molecule has 2 aromatic rings. The molecule has 0 aliphatic carbocycles. The van der Waals surface area contributed by atoms with E-state index < -0.39 is 6.10 Å². The molecule has 0 saturated carbocycles. The topological polar surface area (TPSA) is 38.0 Å². The molecule has 1 N–H and O–H groups in total. The van der Waals surface area contributed by atoms with Crippen molar-refractivity contribution in [1.29, 1.82) is 0 Å². The number of benzene rings is 1. The average molecular weight is 392 g/mol. The van der Waals surface area contributed by atoms with Crippen LogP contribution in [-0.4, -0.2) is 21.0 Å². The van der Waals surface area contributed by atoms with Crippen LogP contribution in [0.5, 0.6) is 0 Å². The molecule has 0 aliphatic rings. The van der Waals surface area contributed by atoms with Gasteiger partial charge in [0.1, 0.15) is 0 Å². The third kappa shape index (κ3) is 4.01. The van der Waals surface area contributed by atoms with Crippen LogP contribution in [0.4, 0.5) is 0 Å². The minimum absolute atomic E-state index is 0.500. The number of aromatic nitrogens is 2. The van der Waals surface area contributed by atoms with Crippen LogP contribution in [0.25, 0.3) is 0 Å². The molecule has 1 heterocycles. The normalized spacial score (nSPS) is 12.7. The number of hydrogen-bond donors (Lipinski definition) is 1. The average Bonchev–Trinajstić information content (AvgIpc) is 2.70. The van der Waals surface area contributed by atoms with Crippen molar-refractivity contribution in [3.05, 3.63) is 49.7 Å². The first-order chi connectivity index (χ1) is 9.92. The van der Waals surface area contributed by atoms with Crippen LogP contribution in [0.3, 0.4) is 0 Å². The Hall–Kier alpha value is -0.550. The predicted octanol–water partition coefficient (Wildman–Crippen LogP) is 4.43. The summed E-state index contributed by atoms with van der Waals surface area (Å²) in [7, 11) is 0. The molecule has 0 radical (unpaired) electrons. The maximum atomic E-state index is 10.3. The minimum atomic E-state index is -0.500. The standard InChI is InChI=1S/C15H17BrCl2N2O/c1-3-20-14(15(16)9(2)19-20)8-11(21)6-10-4-5-12(17)13(18)7-10/h4-5,7,11,21H,3,6,8H2,1-2H3. The summed E-state index contributed by atoms with van der Waals surface area (Å²) in [5.74, 6) is 0. The first-order valence-corrected chi connectivity index (χ1v) is 8.31. The van der Waals surface area contributed by atoms with Crippen LogP contribution in [0.15, 0.2) is 22.7 Å². The molecular formula is C15H17BrCl2N2O. The lowest BCUT2D eigenvalue weighted by molar-refractivity contribution is 0.172. The van der Waals surface area contributed by atoms with Crippen LogP contribution >= 0.6 is 39.1 Å². The maximum Gasteiger partial charge on any atom is 0.0738 e. The molecule has 0 spiro atoms. The van der Waals surface area contributed by atoms with Gasteiger partial charge in [0.05, 0.1) is 32.0 Å². The van der Waals surface area contributed by atoms with Gasteiger partial charge in [0.15, 0.2) is 0 Å². The first kappa shape index (κ1) is 16.8. The number of hydrogen-bond acceptors (Lipinski definition) is 2. The van der Waals surface area contributed by atoms with Crippen molar-refractivity contribution < 1.29 is 5.11 Å². The summed E-state index contributed by atoms with van der Waals surface area (Å²) < 4.78 is 2.88. The van der Waals surface area contributed by atoms with Crippen LogP contribution in [0.1, 0.15) is 23.9 Å². The molecule has 1 aromatic carbocycles. The number of aliphatic hydroxyl groups is 1. The van der Waals surface area contributed by atoms with E-state index in [2.05, 4.69) is 21.0 Å². The van der Waals surface area contributed by atoms with E-state index in [0.29, 0.717) is 22.9 Å². The summed E-state index contributed by atoms with van der Waals surface area (Å²) in [6.45, 7) is 4.76. The number of aryl methyl sites for hydroxylation is 2. The van der Waals surface area contributed by atoms with Gasteiger partial charge in [-0.1, -0.05) is 29.3 Å². The highest BCUT2D eigenvalue weighted by atomic mass is 79.9.